The number of benzene rings is 2. The molecule has 33 heavy (non-hydrogen) atoms. The van der Waals surface area contributed by atoms with Crippen LogP contribution in [0, 0.1) is 11.3 Å². The largest absolute Gasteiger partial charge is 0.463 e. The van der Waals surface area contributed by atoms with Gasteiger partial charge in [-0.25, -0.2) is 9.59 Å². The molecule has 0 fully saturated rings. The molecule has 0 aliphatic carbocycles. The summed E-state index contributed by atoms with van der Waals surface area (Å²) in [6.07, 6.45) is 0. The van der Waals surface area contributed by atoms with Crippen LogP contribution in [0.3, 0.4) is 0 Å². The molecule has 3 N–H and O–H groups in total. The highest BCUT2D eigenvalue weighted by Crippen LogP contribution is 2.32. The number of nitrogens with zero attached hydrogens (tertiary/aromatic N) is 2. The number of ether oxygens (including phenoxy) is 1. The third-order valence-electron chi connectivity index (χ3n) is 5.14. The summed E-state index contributed by atoms with van der Waals surface area (Å²) >= 11 is 5.51. The van der Waals surface area contributed by atoms with Crippen LogP contribution < -0.4 is 16.0 Å². The molecule has 2 aromatic carbocycles. The normalized spacial score (nSPS) is 15.4. The molecular formula is C24H25N5O3S. The fraction of sp³-hybridized carbons (Fsp3) is 0.250. The molecule has 1 aliphatic heterocycles. The van der Waals surface area contributed by atoms with E-state index in [9.17, 15) is 9.59 Å². The molecular weight excluding hydrogens is 438 g/mol. The second kappa shape index (κ2) is 10.6. The Labute approximate surface area is 198 Å². The van der Waals surface area contributed by atoms with Crippen LogP contribution in [0.25, 0.3) is 0 Å². The van der Waals surface area contributed by atoms with Gasteiger partial charge in [0.2, 0.25) is 0 Å². The molecule has 2 aromatic rings. The van der Waals surface area contributed by atoms with Crippen molar-refractivity contribution in [3.63, 3.8) is 0 Å². The zero-order chi connectivity index (χ0) is 24.0. The molecule has 8 nitrogen and oxygen atoms in total. The fourth-order valence-electron chi connectivity index (χ4n) is 3.64. The van der Waals surface area contributed by atoms with Crippen LogP contribution in [0.1, 0.15) is 37.9 Å². The fourth-order valence-corrected chi connectivity index (χ4v) is 4.03. The lowest BCUT2D eigenvalue weighted by Gasteiger charge is -2.37. The first-order chi connectivity index (χ1) is 15.9. The molecule has 0 spiro atoms. The van der Waals surface area contributed by atoms with Crippen LogP contribution in [0.2, 0.25) is 0 Å². The SMILES string of the molecule is CCOC(=O)C1=C(C)N(CC)C(=S)NC1c1cccc(NC(=O)Nc2cccc(C#N)c2)c1. The second-order valence-electron chi connectivity index (χ2n) is 7.24. The Balaban J connectivity index is 1.85. The maximum absolute atomic E-state index is 12.8. The van der Waals surface area contributed by atoms with Gasteiger partial charge in [0.05, 0.1) is 29.9 Å². The monoisotopic (exact) mass is 463 g/mol. The maximum atomic E-state index is 12.8. The number of thiocarbonyl (C=S) groups is 1. The van der Waals surface area contributed by atoms with Crippen molar-refractivity contribution in [1.82, 2.24) is 10.2 Å². The maximum Gasteiger partial charge on any atom is 0.338 e. The van der Waals surface area contributed by atoms with Gasteiger partial charge in [0, 0.05) is 23.6 Å². The average Bonchev–Trinajstić information content (AvgIpc) is 2.79. The number of carbonyl (C=O) groups excluding carboxylic acids is 2. The van der Waals surface area contributed by atoms with Crippen LogP contribution >= 0.6 is 12.2 Å². The zero-order valence-electron chi connectivity index (χ0n) is 18.6. The van der Waals surface area contributed by atoms with Crippen molar-refractivity contribution in [2.24, 2.45) is 0 Å². The van der Waals surface area contributed by atoms with Crippen molar-refractivity contribution in [3.8, 4) is 6.07 Å². The topological polar surface area (TPSA) is 106 Å². The summed E-state index contributed by atoms with van der Waals surface area (Å²) in [4.78, 5) is 27.1. The Hall–Kier alpha value is -3.90. The predicted molar refractivity (Wildman–Crippen MR) is 130 cm³/mol. The van der Waals surface area contributed by atoms with Crippen LogP contribution in [-0.4, -0.2) is 35.2 Å². The van der Waals surface area contributed by atoms with E-state index in [1.807, 2.05) is 30.9 Å². The highest BCUT2D eigenvalue weighted by atomic mass is 32.1. The highest BCUT2D eigenvalue weighted by molar-refractivity contribution is 7.80. The first kappa shape index (κ1) is 23.8. The Kier molecular flexibility index (Phi) is 7.64. The number of urea groups is 1. The Morgan fingerprint density at radius 3 is 2.45 bits per heavy atom. The highest BCUT2D eigenvalue weighted by Gasteiger charge is 2.34. The summed E-state index contributed by atoms with van der Waals surface area (Å²) in [7, 11) is 0. The van der Waals surface area contributed by atoms with Crippen LogP contribution in [0.4, 0.5) is 16.2 Å². The minimum absolute atomic E-state index is 0.258. The van der Waals surface area contributed by atoms with Crippen molar-refractivity contribution < 1.29 is 14.3 Å². The zero-order valence-corrected chi connectivity index (χ0v) is 19.5. The smallest absolute Gasteiger partial charge is 0.338 e. The molecule has 9 heteroatoms. The van der Waals surface area contributed by atoms with Crippen molar-refractivity contribution in [3.05, 3.63) is 70.9 Å². The van der Waals surface area contributed by atoms with Gasteiger partial charge in [-0.2, -0.15) is 5.26 Å². The molecule has 0 radical (unpaired) electrons. The lowest BCUT2D eigenvalue weighted by atomic mass is 9.94. The first-order valence-corrected chi connectivity index (χ1v) is 10.9. The molecule has 0 aromatic heterocycles. The van der Waals surface area contributed by atoms with Gasteiger partial charge in [-0.1, -0.05) is 18.2 Å². The van der Waals surface area contributed by atoms with Crippen LogP contribution in [-0.2, 0) is 9.53 Å². The molecule has 0 saturated carbocycles. The second-order valence-corrected chi connectivity index (χ2v) is 7.63. The van der Waals surface area contributed by atoms with Crippen molar-refractivity contribution in [1.29, 1.82) is 5.26 Å². The number of nitrogens with one attached hydrogen (secondary N) is 3. The van der Waals surface area contributed by atoms with Crippen molar-refractivity contribution in [2.45, 2.75) is 26.8 Å². The van der Waals surface area contributed by atoms with E-state index in [0.717, 1.165) is 11.3 Å². The van der Waals surface area contributed by atoms with E-state index in [0.29, 0.717) is 34.2 Å². The first-order valence-electron chi connectivity index (χ1n) is 10.5. The van der Waals surface area contributed by atoms with Gasteiger partial charge < -0.3 is 25.6 Å². The summed E-state index contributed by atoms with van der Waals surface area (Å²) < 4.78 is 5.30. The molecule has 1 unspecified atom stereocenters. The number of esters is 1. The van der Waals surface area contributed by atoms with E-state index < -0.39 is 18.0 Å². The van der Waals surface area contributed by atoms with Crippen molar-refractivity contribution in [2.75, 3.05) is 23.8 Å². The summed E-state index contributed by atoms with van der Waals surface area (Å²) in [6, 6.07) is 14.9. The van der Waals surface area contributed by atoms with Crippen LogP contribution in [0.5, 0.6) is 0 Å². The Morgan fingerprint density at radius 2 is 1.82 bits per heavy atom. The minimum atomic E-state index is -0.517. The van der Waals surface area contributed by atoms with Gasteiger partial charge in [0.1, 0.15) is 0 Å². The number of carbonyl (C=O) groups is 2. The Bertz CT molecular complexity index is 1150. The van der Waals surface area contributed by atoms with Gasteiger partial charge >= 0.3 is 12.0 Å². The van der Waals surface area contributed by atoms with Gasteiger partial charge in [0.25, 0.3) is 0 Å². The van der Waals surface area contributed by atoms with Crippen LogP contribution in [0.15, 0.2) is 59.8 Å². The lowest BCUT2D eigenvalue weighted by Crippen LogP contribution is -2.47. The summed E-state index contributed by atoms with van der Waals surface area (Å²) in [5, 5.41) is 18.2. The van der Waals surface area contributed by atoms with E-state index >= 15 is 0 Å². The third-order valence-corrected chi connectivity index (χ3v) is 5.47. The quantitative estimate of drug-likeness (QED) is 0.433. The molecule has 0 saturated heterocycles. The summed E-state index contributed by atoms with van der Waals surface area (Å²) in [5.74, 6) is -0.415. The number of rotatable bonds is 6. The molecule has 1 aliphatic rings. The van der Waals surface area contributed by atoms with Gasteiger partial charge in [-0.15, -0.1) is 0 Å². The van der Waals surface area contributed by atoms with Gasteiger partial charge in [-0.05, 0) is 68.9 Å². The number of hydrogen-bond donors (Lipinski definition) is 3. The molecule has 1 heterocycles. The van der Waals surface area contributed by atoms with Crippen molar-refractivity contribution >= 4 is 40.7 Å². The number of allylic oxidation sites excluding steroid dienone is 1. The van der Waals surface area contributed by atoms with E-state index in [1.54, 1.807) is 49.4 Å². The minimum Gasteiger partial charge on any atom is -0.463 e. The van der Waals surface area contributed by atoms with E-state index in [1.165, 1.54) is 0 Å². The summed E-state index contributed by atoms with van der Waals surface area (Å²) in [5.41, 5.74) is 3.45. The lowest BCUT2D eigenvalue weighted by molar-refractivity contribution is -0.139. The number of anilines is 2. The number of amides is 2. The van der Waals surface area contributed by atoms with E-state index in [2.05, 4.69) is 16.0 Å². The third kappa shape index (κ3) is 5.48. The molecule has 2 amide bonds. The Morgan fingerprint density at radius 1 is 1.15 bits per heavy atom. The van der Waals surface area contributed by atoms with E-state index in [-0.39, 0.29) is 6.61 Å². The van der Waals surface area contributed by atoms with Gasteiger partial charge in [0.15, 0.2) is 5.11 Å². The number of hydrogen-bond acceptors (Lipinski definition) is 5. The van der Waals surface area contributed by atoms with Gasteiger partial charge in [-0.3, -0.25) is 0 Å². The molecule has 3 rings (SSSR count). The summed E-state index contributed by atoms with van der Waals surface area (Å²) in [6.45, 7) is 6.43. The molecule has 1 atom stereocenters. The standard InChI is InChI=1S/C24H25N5O3S/c1-4-29-15(3)20(22(30)32-5-2)21(28-24(29)33)17-9-7-11-19(13-17)27-23(31)26-18-10-6-8-16(12-18)14-25/h6-13,21H,4-5H2,1-3H3,(H,28,33)(H2,26,27,31). The average molecular weight is 464 g/mol. The molecule has 170 valence electrons. The molecule has 0 bridgehead atoms. The predicted octanol–water partition coefficient (Wildman–Crippen LogP) is 4.29. The van der Waals surface area contributed by atoms with E-state index in [4.69, 9.17) is 22.2 Å². The number of nitriles is 1.